The van der Waals surface area contributed by atoms with Gasteiger partial charge in [-0.3, -0.25) is 0 Å². The van der Waals surface area contributed by atoms with E-state index in [-0.39, 0.29) is 0 Å². The molecule has 2 heterocycles. The van der Waals surface area contributed by atoms with Gasteiger partial charge < -0.3 is 9.88 Å². The molecule has 0 spiro atoms. The first kappa shape index (κ1) is 11.5. The number of fused-ring (bicyclic) bond motifs is 1. The van der Waals surface area contributed by atoms with Gasteiger partial charge in [0.25, 0.3) is 0 Å². The highest BCUT2D eigenvalue weighted by Gasteiger charge is 2.25. The van der Waals surface area contributed by atoms with Crippen LogP contribution in [-0.4, -0.2) is 24.6 Å². The van der Waals surface area contributed by atoms with Gasteiger partial charge in [-0.05, 0) is 31.1 Å². The number of H-pyrrole nitrogens is 1. The standard InChI is InChI=1S/C16H20N2/c1-11-10-18(3)12(2)8-14(11)15-9-17-16-7-5-4-6-13(15)16/h4-7,9,12,17H,8,10H2,1-3H3/p+1/t12-/m1/s1. The van der Waals surface area contributed by atoms with Crippen LogP contribution in [0.4, 0.5) is 0 Å². The summed E-state index contributed by atoms with van der Waals surface area (Å²) in [5.41, 5.74) is 5.73. The lowest BCUT2D eigenvalue weighted by molar-refractivity contribution is -0.900. The predicted molar refractivity (Wildman–Crippen MR) is 76.7 cm³/mol. The zero-order chi connectivity index (χ0) is 12.7. The topological polar surface area (TPSA) is 20.2 Å². The molecule has 1 aromatic carbocycles. The van der Waals surface area contributed by atoms with E-state index in [1.807, 2.05) is 0 Å². The number of likely N-dealkylation sites (N-methyl/N-ethyl adjacent to an activating group) is 1. The molecule has 0 radical (unpaired) electrons. The molecule has 0 aliphatic carbocycles. The summed E-state index contributed by atoms with van der Waals surface area (Å²) < 4.78 is 0. The summed E-state index contributed by atoms with van der Waals surface area (Å²) in [4.78, 5) is 5.01. The second-order valence-electron chi connectivity index (χ2n) is 5.64. The Morgan fingerprint density at radius 1 is 1.28 bits per heavy atom. The van der Waals surface area contributed by atoms with Crippen molar-refractivity contribution >= 4 is 16.5 Å². The number of hydrogen-bond donors (Lipinski definition) is 2. The average Bonchev–Trinajstić information content (AvgIpc) is 2.78. The number of benzene rings is 1. The monoisotopic (exact) mass is 241 g/mol. The minimum Gasteiger partial charge on any atom is -0.361 e. The molecule has 0 fully saturated rings. The fourth-order valence-electron chi connectivity index (χ4n) is 3.01. The highest BCUT2D eigenvalue weighted by molar-refractivity contribution is 5.93. The molecule has 18 heavy (non-hydrogen) atoms. The summed E-state index contributed by atoms with van der Waals surface area (Å²) in [6.45, 7) is 5.79. The molecular formula is C16H21N2+. The molecule has 0 bridgehead atoms. The minimum atomic E-state index is 0.706. The van der Waals surface area contributed by atoms with E-state index in [1.165, 1.54) is 28.5 Å². The molecule has 2 atom stereocenters. The van der Waals surface area contributed by atoms with Gasteiger partial charge in [0.05, 0.1) is 19.6 Å². The van der Waals surface area contributed by atoms with Crippen LogP contribution in [0.3, 0.4) is 0 Å². The maximum atomic E-state index is 3.39. The molecule has 0 saturated carbocycles. The number of hydrogen-bond acceptors (Lipinski definition) is 0. The van der Waals surface area contributed by atoms with Gasteiger partial charge in [0.15, 0.2) is 0 Å². The fourth-order valence-corrected chi connectivity index (χ4v) is 3.01. The molecule has 1 unspecified atom stereocenters. The Balaban J connectivity index is 2.12. The van der Waals surface area contributed by atoms with Gasteiger partial charge in [0, 0.05) is 29.1 Å². The number of rotatable bonds is 1. The van der Waals surface area contributed by atoms with Gasteiger partial charge in [-0.2, -0.15) is 0 Å². The highest BCUT2D eigenvalue weighted by atomic mass is 15.1. The van der Waals surface area contributed by atoms with Gasteiger partial charge in [0.2, 0.25) is 0 Å². The van der Waals surface area contributed by atoms with Crippen molar-refractivity contribution in [2.24, 2.45) is 0 Å². The van der Waals surface area contributed by atoms with Crippen molar-refractivity contribution in [3.8, 4) is 0 Å². The molecule has 94 valence electrons. The molecular weight excluding hydrogens is 220 g/mol. The van der Waals surface area contributed by atoms with Crippen LogP contribution in [0.2, 0.25) is 0 Å². The van der Waals surface area contributed by atoms with Crippen molar-refractivity contribution in [3.63, 3.8) is 0 Å². The molecule has 2 nitrogen and oxygen atoms in total. The quantitative estimate of drug-likeness (QED) is 0.764. The summed E-state index contributed by atoms with van der Waals surface area (Å²) in [5, 5.41) is 1.36. The van der Waals surface area contributed by atoms with E-state index < -0.39 is 0 Å². The van der Waals surface area contributed by atoms with Crippen LogP contribution < -0.4 is 4.90 Å². The van der Waals surface area contributed by atoms with E-state index in [9.17, 15) is 0 Å². The van der Waals surface area contributed by atoms with Crippen LogP contribution in [0, 0.1) is 0 Å². The molecule has 2 N–H and O–H groups in total. The molecule has 0 amide bonds. The third kappa shape index (κ3) is 1.77. The zero-order valence-electron chi connectivity index (χ0n) is 11.4. The summed E-state index contributed by atoms with van der Waals surface area (Å²) in [5.74, 6) is 0. The van der Waals surface area contributed by atoms with E-state index in [2.05, 4.69) is 56.3 Å². The summed E-state index contributed by atoms with van der Waals surface area (Å²) in [7, 11) is 2.29. The van der Waals surface area contributed by atoms with Crippen molar-refractivity contribution in [1.29, 1.82) is 0 Å². The van der Waals surface area contributed by atoms with Gasteiger partial charge >= 0.3 is 0 Å². The molecule has 0 saturated heterocycles. The average molecular weight is 241 g/mol. The Bertz CT molecular complexity index is 606. The van der Waals surface area contributed by atoms with E-state index in [1.54, 1.807) is 10.5 Å². The Morgan fingerprint density at radius 3 is 2.89 bits per heavy atom. The normalized spacial score (nSPS) is 24.8. The molecule has 1 aliphatic rings. The zero-order valence-corrected chi connectivity index (χ0v) is 11.4. The van der Waals surface area contributed by atoms with Crippen LogP contribution in [0.5, 0.6) is 0 Å². The Labute approximate surface area is 108 Å². The Kier molecular flexibility index (Phi) is 2.75. The summed E-state index contributed by atoms with van der Waals surface area (Å²) in [6.07, 6.45) is 3.36. The van der Waals surface area contributed by atoms with Crippen LogP contribution in [0.1, 0.15) is 25.8 Å². The third-order valence-electron chi connectivity index (χ3n) is 4.33. The lowest BCUT2D eigenvalue weighted by atomic mass is 9.90. The van der Waals surface area contributed by atoms with Gasteiger partial charge in [0.1, 0.15) is 0 Å². The smallest absolute Gasteiger partial charge is 0.0991 e. The lowest BCUT2D eigenvalue weighted by Gasteiger charge is -2.29. The second kappa shape index (κ2) is 4.29. The lowest BCUT2D eigenvalue weighted by Crippen LogP contribution is -3.13. The van der Waals surface area contributed by atoms with Crippen LogP contribution in [-0.2, 0) is 0 Å². The number of nitrogens with one attached hydrogen (secondary N) is 2. The van der Waals surface area contributed by atoms with Crippen molar-refractivity contribution in [2.75, 3.05) is 13.6 Å². The fraction of sp³-hybridized carbons (Fsp3) is 0.375. The molecule has 1 aliphatic heterocycles. The van der Waals surface area contributed by atoms with Crippen LogP contribution in [0.25, 0.3) is 16.5 Å². The Hall–Kier alpha value is -1.54. The van der Waals surface area contributed by atoms with E-state index in [0.29, 0.717) is 6.04 Å². The second-order valence-corrected chi connectivity index (χ2v) is 5.64. The van der Waals surface area contributed by atoms with Crippen molar-refractivity contribution in [3.05, 3.63) is 41.6 Å². The largest absolute Gasteiger partial charge is 0.361 e. The molecule has 2 aromatic rings. The predicted octanol–water partition coefficient (Wildman–Crippen LogP) is 2.25. The molecule has 2 heteroatoms. The van der Waals surface area contributed by atoms with Gasteiger partial charge in [-0.15, -0.1) is 0 Å². The number of aromatic amines is 1. The third-order valence-corrected chi connectivity index (χ3v) is 4.33. The highest BCUT2D eigenvalue weighted by Crippen LogP contribution is 2.30. The van der Waals surface area contributed by atoms with Crippen molar-refractivity contribution < 1.29 is 4.90 Å². The van der Waals surface area contributed by atoms with Crippen molar-refractivity contribution in [2.45, 2.75) is 26.3 Å². The first-order chi connectivity index (χ1) is 8.66. The van der Waals surface area contributed by atoms with E-state index in [4.69, 9.17) is 0 Å². The first-order valence-electron chi connectivity index (χ1n) is 6.74. The van der Waals surface area contributed by atoms with Crippen molar-refractivity contribution in [1.82, 2.24) is 4.98 Å². The maximum Gasteiger partial charge on any atom is 0.0991 e. The summed E-state index contributed by atoms with van der Waals surface area (Å²) >= 11 is 0. The number of quaternary nitrogens is 1. The van der Waals surface area contributed by atoms with Gasteiger partial charge in [-0.25, -0.2) is 0 Å². The van der Waals surface area contributed by atoms with Gasteiger partial charge in [-0.1, -0.05) is 18.2 Å². The molecule has 1 aromatic heterocycles. The van der Waals surface area contributed by atoms with E-state index in [0.717, 1.165) is 6.54 Å². The Morgan fingerprint density at radius 2 is 2.06 bits per heavy atom. The minimum absolute atomic E-state index is 0.706. The SMILES string of the molecule is CC1=C(c2c[nH]c3ccccc23)C[C@@H](C)[NH+](C)C1. The summed E-state index contributed by atoms with van der Waals surface area (Å²) in [6, 6.07) is 9.29. The first-order valence-corrected chi connectivity index (χ1v) is 6.74. The number of aromatic nitrogens is 1. The molecule has 3 rings (SSSR count). The van der Waals surface area contributed by atoms with E-state index >= 15 is 0 Å². The van der Waals surface area contributed by atoms with Crippen LogP contribution >= 0.6 is 0 Å². The van der Waals surface area contributed by atoms with Crippen LogP contribution in [0.15, 0.2) is 36.0 Å². The number of para-hydroxylation sites is 1. The maximum absolute atomic E-state index is 3.39.